The van der Waals surface area contributed by atoms with Gasteiger partial charge in [-0.25, -0.2) is 8.57 Å². The van der Waals surface area contributed by atoms with Crippen LogP contribution in [0, 0.1) is 0 Å². The molecule has 0 aromatic heterocycles. The first kappa shape index (κ1) is 13.7. The predicted octanol–water partition coefficient (Wildman–Crippen LogP) is 0.732. The van der Waals surface area contributed by atoms with E-state index in [0.29, 0.717) is 0 Å². The van der Waals surface area contributed by atoms with E-state index >= 15 is 0 Å². The highest BCUT2D eigenvalue weighted by Crippen LogP contribution is 2.09. The van der Waals surface area contributed by atoms with Gasteiger partial charge in [0.1, 0.15) is 5.75 Å². The zero-order valence-electron chi connectivity index (χ0n) is 9.28. The van der Waals surface area contributed by atoms with Crippen LogP contribution < -0.4 is 0 Å². The third-order valence-electron chi connectivity index (χ3n) is 2.01. The summed E-state index contributed by atoms with van der Waals surface area (Å²) in [5, 5.41) is 17.4. The lowest BCUT2D eigenvalue weighted by Gasteiger charge is -2.07. The Morgan fingerprint density at radius 1 is 1.29 bits per heavy atom. The maximum Gasteiger partial charge on any atom is 0.317 e. The summed E-state index contributed by atoms with van der Waals surface area (Å²) in [5.41, 5.74) is 0.778. The highest BCUT2D eigenvalue weighted by atomic mass is 32.2. The second kappa shape index (κ2) is 6.36. The van der Waals surface area contributed by atoms with Crippen molar-refractivity contribution in [2.75, 3.05) is 18.9 Å². The second-order valence-corrected chi connectivity index (χ2v) is 5.90. The normalized spacial score (nSPS) is 13.9. The number of nitrogens with zero attached hydrogens (tertiary/aromatic N) is 1. The summed E-state index contributed by atoms with van der Waals surface area (Å²) >= 11 is 0. The minimum absolute atomic E-state index is 0.00104. The number of aliphatic carboxylic acids is 1. The van der Waals surface area contributed by atoms with Crippen molar-refractivity contribution < 1.29 is 19.2 Å². The second-order valence-electron chi connectivity index (χ2n) is 3.52. The Hall–Kier alpha value is -1.40. The maximum absolute atomic E-state index is 12.3. The van der Waals surface area contributed by atoms with Gasteiger partial charge in [0.2, 0.25) is 0 Å². The molecule has 1 aromatic carbocycles. The number of aliphatic hydroxyl groups excluding tert-OH is 1. The highest BCUT2D eigenvalue weighted by Gasteiger charge is 2.14. The van der Waals surface area contributed by atoms with Crippen molar-refractivity contribution in [2.45, 2.75) is 5.75 Å². The number of hydrogen-bond acceptors (Lipinski definition) is 4. The molecule has 0 aliphatic rings. The number of rotatable bonds is 6. The van der Waals surface area contributed by atoms with Gasteiger partial charge in [0.05, 0.1) is 28.6 Å². The summed E-state index contributed by atoms with van der Waals surface area (Å²) in [4.78, 5) is 10.7. The molecule has 2 N–H and O–H groups in total. The van der Waals surface area contributed by atoms with Crippen LogP contribution in [0.2, 0.25) is 0 Å². The predicted molar refractivity (Wildman–Crippen MR) is 65.2 cm³/mol. The molecule has 0 aliphatic carbocycles. The highest BCUT2D eigenvalue weighted by molar-refractivity contribution is 7.93. The Balaban J connectivity index is 2.92. The molecule has 0 saturated carbocycles. The van der Waals surface area contributed by atoms with Gasteiger partial charge in [-0.2, -0.15) is 0 Å². The fourth-order valence-corrected chi connectivity index (χ4v) is 3.18. The van der Waals surface area contributed by atoms with Crippen LogP contribution in [0.5, 0.6) is 0 Å². The molecule has 0 saturated heterocycles. The van der Waals surface area contributed by atoms with Gasteiger partial charge in [-0.3, -0.25) is 4.79 Å². The van der Waals surface area contributed by atoms with Gasteiger partial charge in [-0.1, -0.05) is 30.3 Å². The van der Waals surface area contributed by atoms with E-state index < -0.39 is 21.5 Å². The number of carboxylic acid groups (broad SMARTS) is 1. The smallest absolute Gasteiger partial charge is 0.317 e. The lowest BCUT2D eigenvalue weighted by molar-refractivity contribution is -0.134. The lowest BCUT2D eigenvalue weighted by atomic mass is 10.2. The van der Waals surface area contributed by atoms with Crippen molar-refractivity contribution >= 4 is 15.7 Å². The van der Waals surface area contributed by atoms with Crippen LogP contribution >= 0.6 is 0 Å². The average Bonchev–Trinajstić information content (AvgIpc) is 2.26. The quantitative estimate of drug-likeness (QED) is 0.786. The number of hydrogen-bond donors (Lipinski definition) is 2. The topological polar surface area (TPSA) is 87.0 Å². The molecule has 17 heavy (non-hydrogen) atoms. The van der Waals surface area contributed by atoms with Crippen molar-refractivity contribution in [2.24, 2.45) is 4.36 Å². The van der Waals surface area contributed by atoms with Crippen LogP contribution in [0.4, 0.5) is 0 Å². The fourth-order valence-electron chi connectivity index (χ4n) is 1.38. The van der Waals surface area contributed by atoms with Crippen molar-refractivity contribution in [3.63, 3.8) is 0 Å². The Morgan fingerprint density at radius 2 is 1.94 bits per heavy atom. The first-order chi connectivity index (χ1) is 8.06. The summed E-state index contributed by atoms with van der Waals surface area (Å²) in [6.07, 6.45) is 0. The van der Waals surface area contributed by atoms with E-state index in [2.05, 4.69) is 4.36 Å². The van der Waals surface area contributed by atoms with Crippen molar-refractivity contribution in [1.82, 2.24) is 0 Å². The molecule has 0 bridgehead atoms. The van der Waals surface area contributed by atoms with Gasteiger partial charge in [0.25, 0.3) is 0 Å². The molecule has 1 unspecified atom stereocenters. The fraction of sp³-hybridized carbons (Fsp3) is 0.364. The van der Waals surface area contributed by atoms with Crippen LogP contribution in [-0.4, -0.2) is 39.3 Å². The number of carbonyl (C=O) groups is 1. The lowest BCUT2D eigenvalue weighted by Crippen LogP contribution is -2.18. The molecule has 6 heteroatoms. The Morgan fingerprint density at radius 3 is 2.47 bits per heavy atom. The molecule has 0 aliphatic heterocycles. The van der Waals surface area contributed by atoms with Gasteiger partial charge < -0.3 is 10.2 Å². The molecule has 0 radical (unpaired) electrons. The number of carboxylic acids is 1. The first-order valence-electron chi connectivity index (χ1n) is 5.10. The molecule has 0 fully saturated rings. The minimum atomic E-state index is -2.84. The van der Waals surface area contributed by atoms with E-state index in [9.17, 15) is 9.00 Å². The van der Waals surface area contributed by atoms with Crippen LogP contribution in [0.15, 0.2) is 34.7 Å². The van der Waals surface area contributed by atoms with Crippen LogP contribution in [-0.2, 0) is 20.3 Å². The number of aliphatic hydroxyl groups is 1. The molecule has 5 nitrogen and oxygen atoms in total. The average molecular weight is 257 g/mol. The molecule has 94 valence electrons. The molecule has 1 rings (SSSR count). The van der Waals surface area contributed by atoms with Crippen molar-refractivity contribution in [3.8, 4) is 0 Å². The molecule has 0 spiro atoms. The monoisotopic (exact) mass is 257 g/mol. The van der Waals surface area contributed by atoms with Crippen LogP contribution in [0.25, 0.3) is 0 Å². The van der Waals surface area contributed by atoms with Gasteiger partial charge in [0.15, 0.2) is 0 Å². The summed E-state index contributed by atoms with van der Waals surface area (Å²) in [6.45, 7) is -0.232. The zero-order chi connectivity index (χ0) is 12.7. The largest absolute Gasteiger partial charge is 0.481 e. The number of benzene rings is 1. The van der Waals surface area contributed by atoms with E-state index in [1.165, 1.54) is 0 Å². The summed E-state index contributed by atoms with van der Waals surface area (Å²) in [5.74, 6) is -1.55. The molecule has 1 atom stereocenters. The van der Waals surface area contributed by atoms with Crippen molar-refractivity contribution in [1.29, 1.82) is 0 Å². The summed E-state index contributed by atoms with van der Waals surface area (Å²) in [7, 11) is -2.84. The first-order valence-corrected chi connectivity index (χ1v) is 6.96. The van der Waals surface area contributed by atoms with Gasteiger partial charge in [-0.15, -0.1) is 0 Å². The van der Waals surface area contributed by atoms with Gasteiger partial charge in [-0.05, 0) is 5.56 Å². The van der Waals surface area contributed by atoms with E-state index in [1.807, 2.05) is 6.07 Å². The zero-order valence-corrected chi connectivity index (χ0v) is 10.1. The Bertz CT molecular complexity index is 478. The van der Waals surface area contributed by atoms with Crippen LogP contribution in [0.1, 0.15) is 5.56 Å². The van der Waals surface area contributed by atoms with Crippen molar-refractivity contribution in [3.05, 3.63) is 35.9 Å². The summed E-state index contributed by atoms with van der Waals surface area (Å²) in [6, 6.07) is 8.96. The molecule has 1 aromatic rings. The van der Waals surface area contributed by atoms with E-state index in [4.69, 9.17) is 10.2 Å². The molecule has 0 amide bonds. The molecule has 0 heterocycles. The third-order valence-corrected chi connectivity index (χ3v) is 4.15. The third kappa shape index (κ3) is 4.97. The molecular weight excluding hydrogens is 242 g/mol. The molecular formula is C11H15NO4S. The van der Waals surface area contributed by atoms with Crippen LogP contribution in [0.3, 0.4) is 0 Å². The van der Waals surface area contributed by atoms with E-state index in [0.717, 1.165) is 5.56 Å². The van der Waals surface area contributed by atoms with Gasteiger partial charge >= 0.3 is 5.97 Å². The van der Waals surface area contributed by atoms with E-state index in [-0.39, 0.29) is 18.9 Å². The van der Waals surface area contributed by atoms with Gasteiger partial charge in [0, 0.05) is 0 Å². The Kier molecular flexibility index (Phi) is 5.11. The maximum atomic E-state index is 12.3. The standard InChI is InChI=1S/C11H15NO4S/c13-7-6-12-17(16,9-11(14)15)8-10-4-2-1-3-5-10/h1-5,13H,6-9H2,(H,14,15). The van der Waals surface area contributed by atoms with E-state index in [1.54, 1.807) is 24.3 Å². The Labute approximate surface area is 100 Å². The summed E-state index contributed by atoms with van der Waals surface area (Å²) < 4.78 is 16.1. The SMILES string of the molecule is O=C(O)CS(=O)(Cc1ccccc1)=NCCO. The minimum Gasteiger partial charge on any atom is -0.481 e.